The molecule has 0 aliphatic rings. The van der Waals surface area contributed by atoms with Crippen molar-refractivity contribution in [1.82, 2.24) is 19.8 Å². The molecule has 0 amide bonds. The van der Waals surface area contributed by atoms with E-state index in [0.717, 1.165) is 54.1 Å². The van der Waals surface area contributed by atoms with Crippen LogP contribution in [0.15, 0.2) is 62.6 Å². The van der Waals surface area contributed by atoms with Gasteiger partial charge in [-0.3, -0.25) is 0 Å². The Balaban J connectivity index is 1.56. The summed E-state index contributed by atoms with van der Waals surface area (Å²) < 4.78 is 8.12. The van der Waals surface area contributed by atoms with Gasteiger partial charge in [-0.1, -0.05) is 56.7 Å². The first kappa shape index (κ1) is 17.4. The summed E-state index contributed by atoms with van der Waals surface area (Å²) in [6.07, 6.45) is 0.551. The molecule has 0 atom stereocenters. The van der Waals surface area contributed by atoms with Crippen molar-refractivity contribution in [3.05, 3.63) is 63.7 Å². The van der Waals surface area contributed by atoms with Crippen molar-refractivity contribution < 1.29 is 4.52 Å². The van der Waals surface area contributed by atoms with E-state index in [1.165, 1.54) is 11.3 Å². The Hall–Kier alpha value is -2.67. The van der Waals surface area contributed by atoms with Crippen molar-refractivity contribution in [2.24, 2.45) is 0 Å². The van der Waals surface area contributed by atoms with E-state index in [1.807, 2.05) is 48.5 Å². The van der Waals surface area contributed by atoms with E-state index < -0.39 is 0 Å². The Morgan fingerprint density at radius 2 is 2.00 bits per heavy atom. The van der Waals surface area contributed by atoms with Gasteiger partial charge in [0, 0.05) is 33.6 Å². The first-order chi connectivity index (χ1) is 13.7. The zero-order valence-electron chi connectivity index (χ0n) is 14.2. The van der Waals surface area contributed by atoms with Gasteiger partial charge in [-0.25, -0.2) is 4.98 Å². The topological polar surface area (TPSA) is 80.0 Å². The SMILES string of the molecule is N#CSc1c(-c2ccc(Br)cc2)nc2sc(Cc3noc4ccccc34)nn12. The van der Waals surface area contributed by atoms with Gasteiger partial charge in [0.25, 0.3) is 0 Å². The molecule has 9 heteroatoms. The fourth-order valence-electron chi connectivity index (χ4n) is 2.98. The summed E-state index contributed by atoms with van der Waals surface area (Å²) in [6, 6.07) is 15.6. The highest BCUT2D eigenvalue weighted by Gasteiger charge is 2.20. The number of halogens is 1. The molecule has 0 N–H and O–H groups in total. The molecule has 136 valence electrons. The third-order valence-electron chi connectivity index (χ3n) is 4.24. The summed E-state index contributed by atoms with van der Waals surface area (Å²) in [7, 11) is 0. The third kappa shape index (κ3) is 2.99. The molecule has 0 radical (unpaired) electrons. The second kappa shape index (κ2) is 7.05. The molecule has 0 aliphatic carbocycles. The molecule has 0 aliphatic heterocycles. The summed E-state index contributed by atoms with van der Waals surface area (Å²) >= 11 is 6.00. The molecule has 0 unspecified atom stereocenters. The lowest BCUT2D eigenvalue weighted by Gasteiger charge is -2.00. The van der Waals surface area contributed by atoms with Crippen LogP contribution in [0.4, 0.5) is 0 Å². The summed E-state index contributed by atoms with van der Waals surface area (Å²) in [5, 5.41) is 22.8. The molecule has 0 spiro atoms. The van der Waals surface area contributed by atoms with Crippen molar-refractivity contribution >= 4 is 55.0 Å². The number of para-hydroxylation sites is 1. The second-order valence-electron chi connectivity index (χ2n) is 5.96. The van der Waals surface area contributed by atoms with Crippen LogP contribution in [0, 0.1) is 10.7 Å². The smallest absolute Gasteiger partial charge is 0.213 e. The van der Waals surface area contributed by atoms with Crippen LogP contribution >= 0.6 is 39.0 Å². The minimum absolute atomic E-state index is 0.551. The Morgan fingerprint density at radius 1 is 1.18 bits per heavy atom. The summed E-state index contributed by atoms with van der Waals surface area (Å²) in [4.78, 5) is 5.48. The molecule has 3 aromatic heterocycles. The van der Waals surface area contributed by atoms with Crippen LogP contribution in [0.2, 0.25) is 0 Å². The van der Waals surface area contributed by atoms with E-state index in [9.17, 15) is 5.26 Å². The van der Waals surface area contributed by atoms with E-state index in [4.69, 9.17) is 9.51 Å². The van der Waals surface area contributed by atoms with E-state index in [-0.39, 0.29) is 0 Å². The molecule has 0 saturated heterocycles. The largest absolute Gasteiger partial charge is 0.356 e. The van der Waals surface area contributed by atoms with Gasteiger partial charge in [-0.2, -0.15) is 14.9 Å². The van der Waals surface area contributed by atoms with Gasteiger partial charge in [0.2, 0.25) is 4.96 Å². The van der Waals surface area contributed by atoms with Gasteiger partial charge in [0.1, 0.15) is 21.1 Å². The predicted octanol–water partition coefficient (Wildman–Crippen LogP) is 5.53. The van der Waals surface area contributed by atoms with Gasteiger partial charge >= 0.3 is 0 Å². The monoisotopic (exact) mass is 467 g/mol. The zero-order chi connectivity index (χ0) is 19.1. The molecule has 3 heterocycles. The van der Waals surface area contributed by atoms with E-state index in [1.54, 1.807) is 4.52 Å². The zero-order valence-corrected chi connectivity index (χ0v) is 17.4. The summed E-state index contributed by atoms with van der Waals surface area (Å²) in [5.74, 6) is 0. The number of thioether (sulfide) groups is 1. The van der Waals surface area contributed by atoms with Crippen molar-refractivity contribution in [1.29, 1.82) is 5.26 Å². The number of nitrogens with zero attached hydrogens (tertiary/aromatic N) is 5. The number of aromatic nitrogens is 4. The Morgan fingerprint density at radius 3 is 2.82 bits per heavy atom. The van der Waals surface area contributed by atoms with Gasteiger partial charge in [-0.15, -0.1) is 0 Å². The minimum Gasteiger partial charge on any atom is -0.356 e. The molecule has 0 fully saturated rings. The van der Waals surface area contributed by atoms with E-state index >= 15 is 0 Å². The van der Waals surface area contributed by atoms with Gasteiger partial charge in [-0.05, 0) is 24.3 Å². The van der Waals surface area contributed by atoms with Gasteiger partial charge in [0.15, 0.2) is 5.58 Å². The van der Waals surface area contributed by atoms with E-state index in [2.05, 4.69) is 31.6 Å². The lowest BCUT2D eigenvalue weighted by molar-refractivity contribution is 0.448. The van der Waals surface area contributed by atoms with Gasteiger partial charge in [0.05, 0.1) is 5.69 Å². The standard InChI is InChI=1S/C19H10BrN5OS2/c20-12-7-5-11(6-8-12)17-18(27-10-21)25-19(22-17)28-16(23-25)9-14-13-3-1-2-4-15(13)26-24-14/h1-8H,9H2. The van der Waals surface area contributed by atoms with Crippen LogP contribution in [0.3, 0.4) is 0 Å². The molecule has 0 bridgehead atoms. The third-order valence-corrected chi connectivity index (χ3v) is 6.32. The lowest BCUT2D eigenvalue weighted by Crippen LogP contribution is -1.93. The number of hydrogen-bond donors (Lipinski definition) is 0. The number of fused-ring (bicyclic) bond motifs is 2. The highest BCUT2D eigenvalue weighted by molar-refractivity contribution is 9.10. The lowest BCUT2D eigenvalue weighted by atomic mass is 10.2. The molecule has 28 heavy (non-hydrogen) atoms. The Kier molecular flexibility index (Phi) is 4.39. The number of hydrogen-bond acceptors (Lipinski definition) is 7. The van der Waals surface area contributed by atoms with Crippen LogP contribution < -0.4 is 0 Å². The number of rotatable bonds is 4. The maximum absolute atomic E-state index is 9.26. The highest BCUT2D eigenvalue weighted by atomic mass is 79.9. The van der Waals surface area contributed by atoms with Crippen LogP contribution in [0.25, 0.3) is 27.2 Å². The van der Waals surface area contributed by atoms with Crippen molar-refractivity contribution in [2.45, 2.75) is 11.4 Å². The van der Waals surface area contributed by atoms with Crippen molar-refractivity contribution in [3.63, 3.8) is 0 Å². The number of benzene rings is 2. The molecule has 5 aromatic rings. The average molecular weight is 468 g/mol. The number of imidazole rings is 1. The quantitative estimate of drug-likeness (QED) is 0.255. The molecular weight excluding hydrogens is 458 g/mol. The minimum atomic E-state index is 0.551. The molecular formula is C19H10BrN5OS2. The van der Waals surface area contributed by atoms with Gasteiger partial charge < -0.3 is 4.52 Å². The predicted molar refractivity (Wildman–Crippen MR) is 112 cm³/mol. The molecule has 6 nitrogen and oxygen atoms in total. The molecule has 2 aromatic carbocycles. The fraction of sp³-hybridized carbons (Fsp3) is 0.0526. The van der Waals surface area contributed by atoms with Crippen molar-refractivity contribution in [3.8, 4) is 16.7 Å². The van der Waals surface area contributed by atoms with Crippen LogP contribution in [-0.4, -0.2) is 19.8 Å². The average Bonchev–Trinajstić information content (AvgIpc) is 3.38. The number of thiocyanates is 1. The van der Waals surface area contributed by atoms with Crippen molar-refractivity contribution in [2.75, 3.05) is 0 Å². The Labute approximate surface area is 175 Å². The van der Waals surface area contributed by atoms with Crippen LogP contribution in [0.1, 0.15) is 10.7 Å². The highest BCUT2D eigenvalue weighted by Crippen LogP contribution is 2.34. The Bertz CT molecular complexity index is 1350. The maximum atomic E-state index is 9.26. The van der Waals surface area contributed by atoms with Crippen LogP contribution in [-0.2, 0) is 6.42 Å². The normalized spacial score (nSPS) is 11.3. The van der Waals surface area contributed by atoms with Crippen LogP contribution in [0.5, 0.6) is 0 Å². The summed E-state index contributed by atoms with van der Waals surface area (Å²) in [5.41, 5.74) is 3.31. The number of nitriles is 1. The molecule has 5 rings (SSSR count). The first-order valence-electron chi connectivity index (χ1n) is 8.26. The molecule has 0 saturated carbocycles. The first-order valence-corrected chi connectivity index (χ1v) is 10.7. The maximum Gasteiger partial charge on any atom is 0.213 e. The second-order valence-corrected chi connectivity index (χ2v) is 8.69. The summed E-state index contributed by atoms with van der Waals surface area (Å²) in [6.45, 7) is 0. The fourth-order valence-corrected chi connectivity index (χ4v) is 4.76. The van der Waals surface area contributed by atoms with E-state index in [0.29, 0.717) is 11.4 Å².